The summed E-state index contributed by atoms with van der Waals surface area (Å²) in [5, 5.41) is 5.09. The smallest absolute Gasteiger partial charge is 0.245 e. The van der Waals surface area contributed by atoms with Crippen molar-refractivity contribution in [1.29, 1.82) is 0 Å². The van der Waals surface area contributed by atoms with Crippen LogP contribution in [-0.2, 0) is 10.0 Å². The van der Waals surface area contributed by atoms with Crippen molar-refractivity contribution in [3.05, 3.63) is 64.5 Å². The molecule has 0 bridgehead atoms. The zero-order chi connectivity index (χ0) is 19.0. The minimum atomic E-state index is -3.68. The van der Waals surface area contributed by atoms with Crippen LogP contribution in [0.5, 0.6) is 0 Å². The predicted molar refractivity (Wildman–Crippen MR) is 102 cm³/mol. The van der Waals surface area contributed by atoms with E-state index < -0.39 is 16.1 Å². The van der Waals surface area contributed by atoms with Gasteiger partial charge in [0.1, 0.15) is 6.04 Å². The van der Waals surface area contributed by atoms with E-state index in [2.05, 4.69) is 10.1 Å². The SMILES string of the molecule is O=S(=O)(c1ccc(Cl)cc1)N1CCC[C@H]1c1nc(-c2ccc(Cl)cc2)no1. The molecule has 0 aliphatic carbocycles. The van der Waals surface area contributed by atoms with Crippen LogP contribution in [0.2, 0.25) is 10.0 Å². The van der Waals surface area contributed by atoms with Gasteiger partial charge < -0.3 is 4.52 Å². The van der Waals surface area contributed by atoms with E-state index in [1.807, 2.05) is 0 Å². The van der Waals surface area contributed by atoms with Crippen LogP contribution in [0.3, 0.4) is 0 Å². The molecule has 6 nitrogen and oxygen atoms in total. The van der Waals surface area contributed by atoms with E-state index in [4.69, 9.17) is 27.7 Å². The van der Waals surface area contributed by atoms with Crippen LogP contribution in [0.15, 0.2) is 57.9 Å². The molecule has 0 spiro atoms. The number of halogens is 2. The van der Waals surface area contributed by atoms with E-state index in [-0.39, 0.29) is 10.8 Å². The lowest BCUT2D eigenvalue weighted by Crippen LogP contribution is -2.30. The van der Waals surface area contributed by atoms with E-state index in [1.165, 1.54) is 16.4 Å². The average Bonchev–Trinajstić information content (AvgIpc) is 3.32. The third-order valence-corrected chi connectivity index (χ3v) is 6.88. The monoisotopic (exact) mass is 423 g/mol. The van der Waals surface area contributed by atoms with Gasteiger partial charge in [-0.05, 0) is 61.4 Å². The molecule has 0 unspecified atom stereocenters. The van der Waals surface area contributed by atoms with Gasteiger partial charge in [0.05, 0.1) is 4.90 Å². The van der Waals surface area contributed by atoms with Gasteiger partial charge in [0.15, 0.2) is 0 Å². The van der Waals surface area contributed by atoms with Gasteiger partial charge in [-0.25, -0.2) is 8.42 Å². The first-order valence-electron chi connectivity index (χ1n) is 8.32. The van der Waals surface area contributed by atoms with Crippen LogP contribution in [0.1, 0.15) is 24.8 Å². The maximum Gasteiger partial charge on any atom is 0.245 e. The number of nitrogens with zero attached hydrogens (tertiary/aromatic N) is 3. The summed E-state index contributed by atoms with van der Waals surface area (Å²) in [6, 6.07) is 12.7. The lowest BCUT2D eigenvalue weighted by atomic mass is 10.2. The second-order valence-corrected chi connectivity index (χ2v) is 8.95. The summed E-state index contributed by atoms with van der Waals surface area (Å²) in [4.78, 5) is 4.61. The van der Waals surface area contributed by atoms with Gasteiger partial charge in [0.2, 0.25) is 21.7 Å². The Morgan fingerprint density at radius 1 is 1.00 bits per heavy atom. The van der Waals surface area contributed by atoms with Crippen molar-refractivity contribution < 1.29 is 12.9 Å². The van der Waals surface area contributed by atoms with E-state index in [0.29, 0.717) is 28.8 Å². The topological polar surface area (TPSA) is 76.3 Å². The number of hydrogen-bond donors (Lipinski definition) is 0. The van der Waals surface area contributed by atoms with Crippen molar-refractivity contribution in [2.45, 2.75) is 23.8 Å². The normalized spacial score (nSPS) is 18.1. The van der Waals surface area contributed by atoms with Crippen LogP contribution < -0.4 is 0 Å². The third-order valence-electron chi connectivity index (χ3n) is 4.45. The Kier molecular flexibility index (Phi) is 4.94. The van der Waals surface area contributed by atoms with Gasteiger partial charge in [-0.1, -0.05) is 28.4 Å². The highest BCUT2D eigenvalue weighted by Crippen LogP contribution is 2.36. The second-order valence-electron chi connectivity index (χ2n) is 6.19. The Morgan fingerprint density at radius 2 is 1.63 bits per heavy atom. The molecule has 2 aromatic carbocycles. The van der Waals surface area contributed by atoms with Crippen LogP contribution in [-0.4, -0.2) is 29.4 Å². The molecule has 1 aliphatic rings. The quantitative estimate of drug-likeness (QED) is 0.613. The number of aromatic nitrogens is 2. The van der Waals surface area contributed by atoms with E-state index >= 15 is 0 Å². The molecule has 0 saturated carbocycles. The molecule has 0 amide bonds. The Morgan fingerprint density at radius 3 is 2.30 bits per heavy atom. The highest BCUT2D eigenvalue weighted by atomic mass is 35.5. The van der Waals surface area contributed by atoms with Gasteiger partial charge in [-0.15, -0.1) is 0 Å². The van der Waals surface area contributed by atoms with Crippen molar-refractivity contribution in [2.24, 2.45) is 0 Å². The fourth-order valence-corrected chi connectivity index (χ4v) is 5.01. The Balaban J connectivity index is 1.64. The molecular formula is C18H15Cl2N3O3S. The molecule has 3 aromatic rings. The summed E-state index contributed by atoms with van der Waals surface area (Å²) in [7, 11) is -3.68. The molecule has 2 heterocycles. The molecule has 1 aromatic heterocycles. The molecule has 1 aliphatic heterocycles. The van der Waals surface area contributed by atoms with Crippen molar-refractivity contribution in [2.75, 3.05) is 6.54 Å². The van der Waals surface area contributed by atoms with Gasteiger partial charge in [0.25, 0.3) is 0 Å². The lowest BCUT2D eigenvalue weighted by Gasteiger charge is -2.21. The maximum atomic E-state index is 13.0. The zero-order valence-corrected chi connectivity index (χ0v) is 16.4. The van der Waals surface area contributed by atoms with Crippen LogP contribution in [0.4, 0.5) is 0 Å². The number of hydrogen-bond acceptors (Lipinski definition) is 5. The summed E-state index contributed by atoms with van der Waals surface area (Å²) in [6.45, 7) is 0.397. The second kappa shape index (κ2) is 7.24. The van der Waals surface area contributed by atoms with Crippen LogP contribution in [0.25, 0.3) is 11.4 Å². The van der Waals surface area contributed by atoms with Crippen LogP contribution >= 0.6 is 23.2 Å². The Hall–Kier alpha value is -1.93. The molecular weight excluding hydrogens is 409 g/mol. The molecule has 27 heavy (non-hydrogen) atoms. The van der Waals surface area contributed by atoms with Crippen molar-refractivity contribution >= 4 is 33.2 Å². The Bertz CT molecular complexity index is 1050. The van der Waals surface area contributed by atoms with Gasteiger partial charge in [-0.3, -0.25) is 0 Å². The summed E-state index contributed by atoms with van der Waals surface area (Å²) >= 11 is 11.8. The third kappa shape index (κ3) is 3.60. The largest absolute Gasteiger partial charge is 0.337 e. The molecule has 1 saturated heterocycles. The summed E-state index contributed by atoms with van der Waals surface area (Å²) in [5.74, 6) is 0.687. The number of sulfonamides is 1. The van der Waals surface area contributed by atoms with E-state index in [9.17, 15) is 8.42 Å². The van der Waals surface area contributed by atoms with E-state index in [1.54, 1.807) is 36.4 Å². The molecule has 140 valence electrons. The standard InChI is InChI=1S/C18H15Cl2N3O3S/c19-13-5-3-12(4-6-13)17-21-18(26-22-17)16-2-1-11-23(16)27(24,25)15-9-7-14(20)8-10-15/h3-10,16H,1-2,11H2/t16-/m0/s1. The number of benzene rings is 2. The molecule has 4 rings (SSSR count). The first-order valence-corrected chi connectivity index (χ1v) is 10.5. The maximum absolute atomic E-state index is 13.0. The first-order chi connectivity index (χ1) is 12.9. The molecule has 1 atom stereocenters. The highest BCUT2D eigenvalue weighted by molar-refractivity contribution is 7.89. The summed E-state index contributed by atoms with van der Waals surface area (Å²) in [5.41, 5.74) is 0.750. The Labute approximate surface area is 166 Å². The van der Waals surface area contributed by atoms with Crippen molar-refractivity contribution in [1.82, 2.24) is 14.4 Å². The molecule has 0 radical (unpaired) electrons. The van der Waals surface area contributed by atoms with Gasteiger partial charge in [0, 0.05) is 22.2 Å². The van der Waals surface area contributed by atoms with Crippen molar-refractivity contribution in [3.8, 4) is 11.4 Å². The molecule has 1 fully saturated rings. The molecule has 0 N–H and O–H groups in total. The first kappa shape index (κ1) is 18.4. The minimum Gasteiger partial charge on any atom is -0.337 e. The fourth-order valence-electron chi connectivity index (χ4n) is 3.10. The van der Waals surface area contributed by atoms with E-state index in [0.717, 1.165) is 12.0 Å². The zero-order valence-electron chi connectivity index (χ0n) is 14.0. The number of rotatable bonds is 4. The minimum absolute atomic E-state index is 0.191. The molecule has 9 heteroatoms. The predicted octanol–water partition coefficient (Wildman–Crippen LogP) is 4.57. The average molecular weight is 424 g/mol. The highest BCUT2D eigenvalue weighted by Gasteiger charge is 2.39. The lowest BCUT2D eigenvalue weighted by molar-refractivity contribution is 0.290. The van der Waals surface area contributed by atoms with Gasteiger partial charge in [-0.2, -0.15) is 9.29 Å². The van der Waals surface area contributed by atoms with Gasteiger partial charge >= 0.3 is 0 Å². The van der Waals surface area contributed by atoms with Crippen molar-refractivity contribution in [3.63, 3.8) is 0 Å². The summed E-state index contributed by atoms with van der Waals surface area (Å²) < 4.78 is 32.8. The van der Waals surface area contributed by atoms with Crippen LogP contribution in [0, 0.1) is 0 Å². The fraction of sp³-hybridized carbons (Fsp3) is 0.222. The summed E-state index contributed by atoms with van der Waals surface area (Å²) in [6.07, 6.45) is 1.34.